The van der Waals surface area contributed by atoms with Crippen LogP contribution < -0.4 is 0 Å². The molecule has 2 aliphatic rings. The molecule has 2 amide bonds. The number of piperazine rings is 1. The van der Waals surface area contributed by atoms with Crippen LogP contribution in [0, 0.1) is 11.3 Å². The fourth-order valence-electron chi connectivity index (χ4n) is 4.47. The van der Waals surface area contributed by atoms with E-state index in [-0.39, 0.29) is 17.4 Å². The van der Waals surface area contributed by atoms with E-state index < -0.39 is 0 Å². The van der Waals surface area contributed by atoms with Gasteiger partial charge in [0.05, 0.1) is 6.04 Å². The van der Waals surface area contributed by atoms with E-state index in [9.17, 15) is 9.59 Å². The molecule has 0 aromatic rings. The molecule has 150 valence electrons. The van der Waals surface area contributed by atoms with Crippen LogP contribution in [-0.2, 0) is 9.59 Å². The SMILES string of the molecule is CCN(CC)C(=O)C(C1CCCC1)N1CCN(C(=O)CC(C)(C)C)CC1. The second kappa shape index (κ2) is 9.20. The van der Waals surface area contributed by atoms with Crippen molar-refractivity contribution >= 4 is 11.8 Å². The van der Waals surface area contributed by atoms with Crippen molar-refractivity contribution in [1.82, 2.24) is 14.7 Å². The van der Waals surface area contributed by atoms with Crippen LogP contribution in [0.3, 0.4) is 0 Å². The van der Waals surface area contributed by atoms with Crippen LogP contribution in [0.4, 0.5) is 0 Å². The van der Waals surface area contributed by atoms with E-state index >= 15 is 0 Å². The van der Waals surface area contributed by atoms with Crippen molar-refractivity contribution in [3.05, 3.63) is 0 Å². The Labute approximate surface area is 160 Å². The first-order valence-electron chi connectivity index (χ1n) is 10.6. The summed E-state index contributed by atoms with van der Waals surface area (Å²) < 4.78 is 0. The van der Waals surface area contributed by atoms with Gasteiger partial charge in [0.15, 0.2) is 0 Å². The van der Waals surface area contributed by atoms with E-state index in [1.54, 1.807) is 0 Å². The Bertz CT molecular complexity index is 468. The number of carbonyl (C=O) groups is 2. The number of likely N-dealkylation sites (N-methyl/N-ethyl adjacent to an activating group) is 1. The lowest BCUT2D eigenvalue weighted by atomic mass is 9.91. The van der Waals surface area contributed by atoms with Crippen LogP contribution in [0.2, 0.25) is 0 Å². The lowest BCUT2D eigenvalue weighted by molar-refractivity contribution is -0.141. The Morgan fingerprint density at radius 1 is 1.00 bits per heavy atom. The number of rotatable bonds is 6. The maximum Gasteiger partial charge on any atom is 0.240 e. The van der Waals surface area contributed by atoms with Crippen molar-refractivity contribution in [1.29, 1.82) is 0 Å². The second-order valence-corrected chi connectivity index (χ2v) is 9.15. The van der Waals surface area contributed by atoms with Crippen molar-refractivity contribution in [3.63, 3.8) is 0 Å². The van der Waals surface area contributed by atoms with Crippen LogP contribution >= 0.6 is 0 Å². The van der Waals surface area contributed by atoms with E-state index in [4.69, 9.17) is 0 Å². The summed E-state index contributed by atoms with van der Waals surface area (Å²) in [5.74, 6) is 1.04. The van der Waals surface area contributed by atoms with E-state index in [0.29, 0.717) is 18.2 Å². The molecule has 0 aromatic heterocycles. The molecule has 2 fully saturated rings. The molecule has 1 atom stereocenters. The van der Waals surface area contributed by atoms with Crippen molar-refractivity contribution < 1.29 is 9.59 Å². The summed E-state index contributed by atoms with van der Waals surface area (Å²) in [5, 5.41) is 0. The number of nitrogens with zero attached hydrogens (tertiary/aromatic N) is 3. The Hall–Kier alpha value is -1.10. The van der Waals surface area contributed by atoms with E-state index in [1.807, 2.05) is 9.80 Å². The van der Waals surface area contributed by atoms with Gasteiger partial charge in [-0.15, -0.1) is 0 Å². The van der Waals surface area contributed by atoms with Gasteiger partial charge < -0.3 is 9.80 Å². The van der Waals surface area contributed by atoms with Crippen LogP contribution in [0.1, 0.15) is 66.7 Å². The highest BCUT2D eigenvalue weighted by atomic mass is 16.2. The summed E-state index contributed by atoms with van der Waals surface area (Å²) in [5.41, 5.74) is 0.0271. The Morgan fingerprint density at radius 3 is 2.00 bits per heavy atom. The largest absolute Gasteiger partial charge is 0.342 e. The number of amides is 2. The predicted octanol–water partition coefficient (Wildman–Crippen LogP) is 2.99. The summed E-state index contributed by atoms with van der Waals surface area (Å²) in [4.78, 5) is 32.1. The maximum atomic E-state index is 13.2. The molecule has 1 heterocycles. The number of hydrogen-bond acceptors (Lipinski definition) is 3. The van der Waals surface area contributed by atoms with Gasteiger partial charge in [-0.2, -0.15) is 0 Å². The summed E-state index contributed by atoms with van der Waals surface area (Å²) in [6, 6.07) is 0.0114. The van der Waals surface area contributed by atoms with Gasteiger partial charge in [0.25, 0.3) is 0 Å². The van der Waals surface area contributed by atoms with Crippen molar-refractivity contribution in [2.24, 2.45) is 11.3 Å². The topological polar surface area (TPSA) is 43.9 Å². The highest BCUT2D eigenvalue weighted by molar-refractivity contribution is 5.82. The molecule has 1 saturated carbocycles. The first-order valence-corrected chi connectivity index (χ1v) is 10.6. The third-order valence-corrected chi connectivity index (χ3v) is 5.92. The molecule has 0 spiro atoms. The van der Waals surface area contributed by atoms with Crippen LogP contribution in [0.15, 0.2) is 0 Å². The van der Waals surface area contributed by atoms with Gasteiger partial charge in [-0.05, 0) is 38.0 Å². The summed E-state index contributed by atoms with van der Waals surface area (Å²) >= 11 is 0. The molecule has 0 aromatic carbocycles. The monoisotopic (exact) mass is 365 g/mol. The predicted molar refractivity (Wildman–Crippen MR) is 106 cm³/mol. The van der Waals surface area contributed by atoms with Gasteiger partial charge in [-0.25, -0.2) is 0 Å². The Balaban J connectivity index is 2.02. The number of carbonyl (C=O) groups excluding carboxylic acids is 2. The average Bonchev–Trinajstić information content (AvgIpc) is 3.09. The standard InChI is InChI=1S/C21H39N3O2/c1-6-22(7-2)20(26)19(17-10-8-9-11-17)24-14-12-23(13-15-24)18(25)16-21(3,4)5/h17,19H,6-16H2,1-5H3. The highest BCUT2D eigenvalue weighted by Gasteiger charge is 2.38. The molecule has 1 aliphatic carbocycles. The molecule has 1 unspecified atom stereocenters. The zero-order valence-corrected chi connectivity index (χ0v) is 17.6. The van der Waals surface area contributed by atoms with Crippen LogP contribution in [-0.4, -0.2) is 71.8 Å². The van der Waals surface area contributed by atoms with E-state index in [2.05, 4.69) is 39.5 Å². The van der Waals surface area contributed by atoms with Crippen LogP contribution in [0.5, 0.6) is 0 Å². The molecule has 1 saturated heterocycles. The van der Waals surface area contributed by atoms with Crippen molar-refractivity contribution in [2.75, 3.05) is 39.3 Å². The highest BCUT2D eigenvalue weighted by Crippen LogP contribution is 2.32. The Morgan fingerprint density at radius 2 is 1.54 bits per heavy atom. The summed E-state index contributed by atoms with van der Waals surface area (Å²) in [7, 11) is 0. The molecule has 26 heavy (non-hydrogen) atoms. The first kappa shape index (κ1) is 21.2. The summed E-state index contributed by atoms with van der Waals surface area (Å²) in [6.45, 7) is 15.2. The van der Waals surface area contributed by atoms with Gasteiger partial charge in [-0.3, -0.25) is 14.5 Å². The minimum absolute atomic E-state index is 0.0114. The molecule has 5 heteroatoms. The minimum atomic E-state index is 0.0114. The molecule has 2 rings (SSSR count). The van der Waals surface area contributed by atoms with E-state index in [1.165, 1.54) is 25.7 Å². The van der Waals surface area contributed by atoms with Crippen molar-refractivity contribution in [3.8, 4) is 0 Å². The van der Waals surface area contributed by atoms with Gasteiger partial charge >= 0.3 is 0 Å². The second-order valence-electron chi connectivity index (χ2n) is 9.15. The fraction of sp³-hybridized carbons (Fsp3) is 0.905. The fourth-order valence-corrected chi connectivity index (χ4v) is 4.47. The van der Waals surface area contributed by atoms with E-state index in [0.717, 1.165) is 39.3 Å². The van der Waals surface area contributed by atoms with Crippen molar-refractivity contribution in [2.45, 2.75) is 72.8 Å². The lowest BCUT2D eigenvalue weighted by Crippen LogP contribution is -2.58. The molecule has 5 nitrogen and oxygen atoms in total. The molecular weight excluding hydrogens is 326 g/mol. The molecule has 0 bridgehead atoms. The molecular formula is C21H39N3O2. The zero-order valence-electron chi connectivity index (χ0n) is 17.6. The third kappa shape index (κ3) is 5.45. The van der Waals surface area contributed by atoms with Gasteiger partial charge in [0.1, 0.15) is 0 Å². The molecule has 1 aliphatic heterocycles. The molecule has 0 radical (unpaired) electrons. The number of hydrogen-bond donors (Lipinski definition) is 0. The zero-order chi connectivity index (χ0) is 19.3. The lowest BCUT2D eigenvalue weighted by Gasteiger charge is -2.42. The first-order chi connectivity index (χ1) is 12.3. The summed E-state index contributed by atoms with van der Waals surface area (Å²) in [6.07, 6.45) is 5.42. The Kier molecular flexibility index (Phi) is 7.51. The maximum absolute atomic E-state index is 13.2. The van der Waals surface area contributed by atoms with Gasteiger partial charge in [0.2, 0.25) is 11.8 Å². The normalized spacial score (nSPS) is 21.0. The van der Waals surface area contributed by atoms with Gasteiger partial charge in [-0.1, -0.05) is 33.6 Å². The molecule has 0 N–H and O–H groups in total. The van der Waals surface area contributed by atoms with Crippen LogP contribution in [0.25, 0.3) is 0 Å². The average molecular weight is 366 g/mol. The quantitative estimate of drug-likeness (QED) is 0.727. The van der Waals surface area contributed by atoms with Gasteiger partial charge in [0, 0.05) is 45.7 Å². The minimum Gasteiger partial charge on any atom is -0.342 e. The smallest absolute Gasteiger partial charge is 0.240 e. The third-order valence-electron chi connectivity index (χ3n) is 5.92.